The second-order valence-corrected chi connectivity index (χ2v) is 7.83. The number of imide groups is 1. The van der Waals surface area contributed by atoms with Crippen molar-refractivity contribution in [3.05, 3.63) is 35.4 Å². The predicted octanol–water partition coefficient (Wildman–Crippen LogP) is 1.82. The fourth-order valence-electron chi connectivity index (χ4n) is 3.33. The molecule has 0 unspecified atom stereocenters. The van der Waals surface area contributed by atoms with Crippen molar-refractivity contribution in [3.63, 3.8) is 0 Å². The van der Waals surface area contributed by atoms with Gasteiger partial charge in [-0.1, -0.05) is 12.1 Å². The summed E-state index contributed by atoms with van der Waals surface area (Å²) in [6.07, 6.45) is 3.89. The summed E-state index contributed by atoms with van der Waals surface area (Å²) in [6, 6.07) is 6.76. The highest BCUT2D eigenvalue weighted by Gasteiger charge is 2.40. The van der Waals surface area contributed by atoms with Crippen LogP contribution >= 0.6 is 0 Å². The Balaban J connectivity index is 1.63. The lowest BCUT2D eigenvalue weighted by Gasteiger charge is -2.33. The Morgan fingerprint density at radius 2 is 1.57 bits per heavy atom. The summed E-state index contributed by atoms with van der Waals surface area (Å²) in [4.78, 5) is 26.3. The first-order valence-corrected chi connectivity index (χ1v) is 9.50. The van der Waals surface area contributed by atoms with E-state index in [0.29, 0.717) is 24.0 Å². The van der Waals surface area contributed by atoms with Gasteiger partial charge in [0.2, 0.25) is 0 Å². The van der Waals surface area contributed by atoms with Gasteiger partial charge in [0.05, 0.1) is 24.0 Å². The van der Waals surface area contributed by atoms with E-state index in [-0.39, 0.29) is 30.4 Å². The summed E-state index contributed by atoms with van der Waals surface area (Å²) in [6.45, 7) is 0.174. The third-order valence-electron chi connectivity index (χ3n) is 4.52. The SMILES string of the molecule is CS(=O)(=O)OCC1CCC(N2C(=O)c3ccccc3C2=O)CC1. The molecule has 124 valence electrons. The summed E-state index contributed by atoms with van der Waals surface area (Å²) in [5.41, 5.74) is 0.945. The minimum atomic E-state index is -3.43. The summed E-state index contributed by atoms with van der Waals surface area (Å²) in [5, 5.41) is 0. The number of nitrogens with zero attached hydrogens (tertiary/aromatic N) is 1. The van der Waals surface area contributed by atoms with E-state index in [1.54, 1.807) is 24.3 Å². The fraction of sp³-hybridized carbons (Fsp3) is 0.500. The maximum absolute atomic E-state index is 12.4. The Morgan fingerprint density at radius 1 is 1.04 bits per heavy atom. The first-order valence-electron chi connectivity index (χ1n) is 7.68. The van der Waals surface area contributed by atoms with E-state index < -0.39 is 10.1 Å². The summed E-state index contributed by atoms with van der Waals surface area (Å²) in [5.74, 6) is -0.293. The lowest BCUT2D eigenvalue weighted by atomic mass is 9.86. The molecule has 0 N–H and O–H groups in total. The molecule has 0 atom stereocenters. The fourth-order valence-corrected chi connectivity index (χ4v) is 3.77. The van der Waals surface area contributed by atoms with Crippen molar-refractivity contribution in [2.75, 3.05) is 12.9 Å². The van der Waals surface area contributed by atoms with Crippen molar-refractivity contribution < 1.29 is 22.2 Å². The minimum absolute atomic E-state index is 0.114. The van der Waals surface area contributed by atoms with Gasteiger partial charge in [-0.25, -0.2) is 0 Å². The van der Waals surface area contributed by atoms with Gasteiger partial charge in [-0.2, -0.15) is 8.42 Å². The van der Waals surface area contributed by atoms with Crippen molar-refractivity contribution in [2.45, 2.75) is 31.7 Å². The topological polar surface area (TPSA) is 80.8 Å². The van der Waals surface area contributed by atoms with Crippen molar-refractivity contribution in [1.29, 1.82) is 0 Å². The van der Waals surface area contributed by atoms with E-state index in [4.69, 9.17) is 4.18 Å². The zero-order valence-electron chi connectivity index (χ0n) is 12.9. The molecule has 1 aromatic rings. The van der Waals surface area contributed by atoms with Crippen LogP contribution in [-0.4, -0.2) is 44.0 Å². The average molecular weight is 337 g/mol. The molecule has 2 aliphatic rings. The van der Waals surface area contributed by atoms with Gasteiger partial charge in [-0.05, 0) is 43.7 Å². The number of rotatable bonds is 4. The molecule has 0 saturated heterocycles. The summed E-state index contributed by atoms with van der Waals surface area (Å²) >= 11 is 0. The van der Waals surface area contributed by atoms with Crippen LogP contribution in [0.3, 0.4) is 0 Å². The van der Waals surface area contributed by atoms with Crippen LogP contribution in [0.5, 0.6) is 0 Å². The van der Waals surface area contributed by atoms with Crippen LogP contribution in [-0.2, 0) is 14.3 Å². The molecule has 2 amide bonds. The molecule has 1 heterocycles. The number of hydrogen-bond donors (Lipinski definition) is 0. The Hall–Kier alpha value is -1.73. The lowest BCUT2D eigenvalue weighted by molar-refractivity contribution is 0.0518. The van der Waals surface area contributed by atoms with Gasteiger partial charge in [-0.3, -0.25) is 18.7 Å². The monoisotopic (exact) mass is 337 g/mol. The first kappa shape index (κ1) is 16.1. The molecular formula is C16H19NO5S. The zero-order valence-corrected chi connectivity index (χ0v) is 13.7. The number of benzene rings is 1. The molecule has 7 heteroatoms. The Labute approximate surface area is 135 Å². The van der Waals surface area contributed by atoms with Crippen LogP contribution in [0, 0.1) is 5.92 Å². The van der Waals surface area contributed by atoms with E-state index in [2.05, 4.69) is 0 Å². The van der Waals surface area contributed by atoms with E-state index >= 15 is 0 Å². The molecule has 0 bridgehead atoms. The summed E-state index contributed by atoms with van der Waals surface area (Å²) in [7, 11) is -3.43. The minimum Gasteiger partial charge on any atom is -0.271 e. The molecule has 1 aliphatic carbocycles. The number of amides is 2. The largest absolute Gasteiger partial charge is 0.271 e. The van der Waals surface area contributed by atoms with Crippen molar-refractivity contribution in [3.8, 4) is 0 Å². The molecule has 0 spiro atoms. The number of carbonyl (C=O) groups is 2. The Morgan fingerprint density at radius 3 is 2.04 bits per heavy atom. The Bertz CT molecular complexity index is 700. The molecule has 1 aliphatic heterocycles. The van der Waals surface area contributed by atoms with Crippen LogP contribution in [0.15, 0.2) is 24.3 Å². The molecule has 3 rings (SSSR count). The predicted molar refractivity (Wildman–Crippen MR) is 83.5 cm³/mol. The normalized spacial score (nSPS) is 24.8. The van der Waals surface area contributed by atoms with Crippen LogP contribution in [0.1, 0.15) is 46.4 Å². The smallest absolute Gasteiger partial charge is 0.264 e. The second kappa shape index (κ2) is 6.05. The van der Waals surface area contributed by atoms with Gasteiger partial charge < -0.3 is 0 Å². The lowest BCUT2D eigenvalue weighted by Crippen LogP contribution is -2.42. The highest BCUT2D eigenvalue weighted by Crippen LogP contribution is 2.33. The molecule has 23 heavy (non-hydrogen) atoms. The Kier molecular flexibility index (Phi) is 4.25. The number of carbonyl (C=O) groups excluding carboxylic acids is 2. The third-order valence-corrected chi connectivity index (χ3v) is 5.09. The van der Waals surface area contributed by atoms with Crippen molar-refractivity contribution in [1.82, 2.24) is 4.90 Å². The molecule has 1 aromatic carbocycles. The molecule has 1 saturated carbocycles. The standard InChI is InChI=1S/C16H19NO5S/c1-23(20,21)22-10-11-6-8-12(9-7-11)17-15(18)13-4-2-3-5-14(13)16(17)19/h2-5,11-12H,6-10H2,1H3. The highest BCUT2D eigenvalue weighted by atomic mass is 32.2. The van der Waals surface area contributed by atoms with E-state index in [0.717, 1.165) is 19.1 Å². The molecule has 1 fully saturated rings. The molecular weight excluding hydrogens is 318 g/mol. The van der Waals surface area contributed by atoms with Gasteiger partial charge in [0.15, 0.2) is 0 Å². The maximum Gasteiger partial charge on any atom is 0.264 e. The quantitative estimate of drug-likeness (QED) is 0.618. The third kappa shape index (κ3) is 3.30. The van der Waals surface area contributed by atoms with Gasteiger partial charge in [0.1, 0.15) is 0 Å². The molecule has 0 radical (unpaired) electrons. The average Bonchev–Trinajstić information content (AvgIpc) is 2.77. The van der Waals surface area contributed by atoms with Gasteiger partial charge in [0.25, 0.3) is 21.9 Å². The molecule has 0 aromatic heterocycles. The maximum atomic E-state index is 12.4. The summed E-state index contributed by atoms with van der Waals surface area (Å²) < 4.78 is 26.9. The van der Waals surface area contributed by atoms with E-state index in [1.807, 2.05) is 0 Å². The number of fused-ring (bicyclic) bond motifs is 1. The second-order valence-electron chi connectivity index (χ2n) is 6.19. The zero-order chi connectivity index (χ0) is 16.6. The van der Waals surface area contributed by atoms with Crippen molar-refractivity contribution >= 4 is 21.9 Å². The van der Waals surface area contributed by atoms with Gasteiger partial charge in [0, 0.05) is 6.04 Å². The number of hydrogen-bond acceptors (Lipinski definition) is 5. The van der Waals surface area contributed by atoms with Crippen LogP contribution in [0.2, 0.25) is 0 Å². The van der Waals surface area contributed by atoms with Crippen LogP contribution in [0.25, 0.3) is 0 Å². The highest BCUT2D eigenvalue weighted by molar-refractivity contribution is 7.85. The van der Waals surface area contributed by atoms with Gasteiger partial charge in [-0.15, -0.1) is 0 Å². The van der Waals surface area contributed by atoms with Gasteiger partial charge >= 0.3 is 0 Å². The van der Waals surface area contributed by atoms with E-state index in [1.165, 1.54) is 4.90 Å². The van der Waals surface area contributed by atoms with E-state index in [9.17, 15) is 18.0 Å². The van der Waals surface area contributed by atoms with Crippen molar-refractivity contribution in [2.24, 2.45) is 5.92 Å². The first-order chi connectivity index (χ1) is 10.9. The van der Waals surface area contributed by atoms with Crippen LogP contribution < -0.4 is 0 Å². The van der Waals surface area contributed by atoms with Crippen LogP contribution in [0.4, 0.5) is 0 Å². The molecule has 6 nitrogen and oxygen atoms in total.